The van der Waals surface area contributed by atoms with Crippen molar-refractivity contribution >= 4 is 5.91 Å². The van der Waals surface area contributed by atoms with Gasteiger partial charge in [0, 0.05) is 38.1 Å². The van der Waals surface area contributed by atoms with Crippen LogP contribution in [0.3, 0.4) is 0 Å². The highest BCUT2D eigenvalue weighted by molar-refractivity contribution is 5.75. The molecular formula is C15H28N4O2. The average Bonchev–Trinajstić information content (AvgIpc) is 2.71. The SMILES string of the molecule is CCCNCc1c(C)nn(CC(=O)NCCCOC)c1C. The quantitative estimate of drug-likeness (QED) is 0.636. The Bertz CT molecular complexity index is 443. The number of nitrogens with zero attached hydrogens (tertiary/aromatic N) is 2. The van der Waals surface area contributed by atoms with Crippen molar-refractivity contribution in [1.82, 2.24) is 20.4 Å². The fourth-order valence-electron chi connectivity index (χ4n) is 2.17. The molecule has 0 aromatic carbocycles. The minimum atomic E-state index is -0.00947. The van der Waals surface area contributed by atoms with E-state index in [1.54, 1.807) is 11.8 Å². The van der Waals surface area contributed by atoms with Crippen molar-refractivity contribution in [3.05, 3.63) is 17.0 Å². The number of aromatic nitrogens is 2. The number of hydrogen-bond donors (Lipinski definition) is 2. The standard InChI is InChI=1S/C15H28N4O2/c1-5-7-16-10-14-12(2)18-19(13(14)3)11-15(20)17-8-6-9-21-4/h16H,5-11H2,1-4H3,(H,17,20). The van der Waals surface area contributed by atoms with Gasteiger partial charge in [-0.15, -0.1) is 0 Å². The summed E-state index contributed by atoms with van der Waals surface area (Å²) < 4.78 is 6.73. The number of carbonyl (C=O) groups excluding carboxylic acids is 1. The average molecular weight is 296 g/mol. The Morgan fingerprint density at radius 3 is 2.76 bits per heavy atom. The highest BCUT2D eigenvalue weighted by atomic mass is 16.5. The molecule has 0 saturated carbocycles. The van der Waals surface area contributed by atoms with E-state index in [4.69, 9.17) is 4.74 Å². The summed E-state index contributed by atoms with van der Waals surface area (Å²) in [5, 5.41) is 10.7. The first-order chi connectivity index (χ1) is 10.1. The molecule has 1 heterocycles. The first kappa shape index (κ1) is 17.7. The van der Waals surface area contributed by atoms with Gasteiger partial charge in [0.1, 0.15) is 6.54 Å². The lowest BCUT2D eigenvalue weighted by Gasteiger charge is -2.07. The Hall–Kier alpha value is -1.40. The Morgan fingerprint density at radius 2 is 2.10 bits per heavy atom. The molecule has 120 valence electrons. The molecule has 0 unspecified atom stereocenters. The van der Waals surface area contributed by atoms with Crippen molar-refractivity contribution in [1.29, 1.82) is 0 Å². The summed E-state index contributed by atoms with van der Waals surface area (Å²) in [4.78, 5) is 11.9. The summed E-state index contributed by atoms with van der Waals surface area (Å²) in [6.45, 7) is 9.51. The number of hydrogen-bond acceptors (Lipinski definition) is 4. The van der Waals surface area contributed by atoms with Gasteiger partial charge in [-0.1, -0.05) is 6.92 Å². The molecule has 1 aromatic heterocycles. The molecule has 0 bridgehead atoms. The molecule has 0 fully saturated rings. The molecular weight excluding hydrogens is 268 g/mol. The van der Waals surface area contributed by atoms with E-state index in [0.29, 0.717) is 13.2 Å². The Balaban J connectivity index is 2.51. The summed E-state index contributed by atoms with van der Waals surface area (Å²) in [5.41, 5.74) is 3.24. The van der Waals surface area contributed by atoms with Crippen LogP contribution in [0.1, 0.15) is 36.7 Å². The third-order valence-electron chi connectivity index (χ3n) is 3.40. The molecule has 0 atom stereocenters. The fraction of sp³-hybridized carbons (Fsp3) is 0.733. The van der Waals surface area contributed by atoms with Gasteiger partial charge in [-0.05, 0) is 33.2 Å². The summed E-state index contributed by atoms with van der Waals surface area (Å²) in [5.74, 6) is -0.00947. The third kappa shape index (κ3) is 5.85. The van der Waals surface area contributed by atoms with Crippen molar-refractivity contribution in [2.24, 2.45) is 0 Å². The van der Waals surface area contributed by atoms with E-state index in [0.717, 1.165) is 37.3 Å². The lowest BCUT2D eigenvalue weighted by molar-refractivity contribution is -0.121. The van der Waals surface area contributed by atoms with Crippen molar-refractivity contribution in [2.45, 2.75) is 46.7 Å². The number of nitrogens with one attached hydrogen (secondary N) is 2. The van der Waals surface area contributed by atoms with E-state index in [2.05, 4.69) is 22.7 Å². The maximum absolute atomic E-state index is 11.9. The van der Waals surface area contributed by atoms with Crippen LogP contribution >= 0.6 is 0 Å². The van der Waals surface area contributed by atoms with E-state index in [1.807, 2.05) is 13.8 Å². The summed E-state index contributed by atoms with van der Waals surface area (Å²) >= 11 is 0. The van der Waals surface area contributed by atoms with Gasteiger partial charge < -0.3 is 15.4 Å². The van der Waals surface area contributed by atoms with Gasteiger partial charge in [0.15, 0.2) is 0 Å². The molecule has 0 saturated heterocycles. The topological polar surface area (TPSA) is 68.2 Å². The predicted molar refractivity (Wildman–Crippen MR) is 83.2 cm³/mol. The van der Waals surface area contributed by atoms with Crippen LogP contribution in [0.5, 0.6) is 0 Å². The molecule has 1 rings (SSSR count). The second kappa shape index (κ2) is 9.52. The normalized spacial score (nSPS) is 10.9. The zero-order chi connectivity index (χ0) is 15.7. The molecule has 0 aliphatic carbocycles. The van der Waals surface area contributed by atoms with Crippen LogP contribution in [0.4, 0.5) is 0 Å². The minimum Gasteiger partial charge on any atom is -0.385 e. The van der Waals surface area contributed by atoms with E-state index >= 15 is 0 Å². The fourth-order valence-corrected chi connectivity index (χ4v) is 2.17. The molecule has 21 heavy (non-hydrogen) atoms. The molecule has 6 heteroatoms. The molecule has 0 spiro atoms. The van der Waals surface area contributed by atoms with Crippen LogP contribution < -0.4 is 10.6 Å². The Kier molecular flexibility index (Phi) is 8.00. The molecule has 1 amide bonds. The third-order valence-corrected chi connectivity index (χ3v) is 3.40. The largest absolute Gasteiger partial charge is 0.385 e. The number of ether oxygens (including phenoxy) is 1. The smallest absolute Gasteiger partial charge is 0.241 e. The van der Waals surface area contributed by atoms with Crippen LogP contribution in [-0.2, 0) is 22.6 Å². The molecule has 0 aliphatic heterocycles. The maximum atomic E-state index is 11.9. The van der Waals surface area contributed by atoms with Crippen molar-refractivity contribution in [2.75, 3.05) is 26.8 Å². The van der Waals surface area contributed by atoms with Gasteiger partial charge in [0.2, 0.25) is 5.91 Å². The monoisotopic (exact) mass is 296 g/mol. The summed E-state index contributed by atoms with van der Waals surface area (Å²) in [6, 6.07) is 0. The van der Waals surface area contributed by atoms with Crippen LogP contribution in [0, 0.1) is 13.8 Å². The van der Waals surface area contributed by atoms with E-state index < -0.39 is 0 Å². The van der Waals surface area contributed by atoms with Crippen molar-refractivity contribution in [3.63, 3.8) is 0 Å². The Labute approximate surface area is 127 Å². The zero-order valence-corrected chi connectivity index (χ0v) is 13.7. The van der Waals surface area contributed by atoms with Gasteiger partial charge >= 0.3 is 0 Å². The van der Waals surface area contributed by atoms with E-state index in [1.165, 1.54) is 5.56 Å². The molecule has 1 aromatic rings. The van der Waals surface area contributed by atoms with Crippen LogP contribution in [-0.4, -0.2) is 42.5 Å². The lowest BCUT2D eigenvalue weighted by Crippen LogP contribution is -2.29. The van der Waals surface area contributed by atoms with Crippen molar-refractivity contribution in [3.8, 4) is 0 Å². The number of carbonyl (C=O) groups is 1. The van der Waals surface area contributed by atoms with Crippen molar-refractivity contribution < 1.29 is 9.53 Å². The minimum absolute atomic E-state index is 0.00947. The second-order valence-corrected chi connectivity index (χ2v) is 5.18. The second-order valence-electron chi connectivity index (χ2n) is 5.18. The number of methoxy groups -OCH3 is 1. The number of rotatable bonds is 10. The highest BCUT2D eigenvalue weighted by Gasteiger charge is 2.13. The zero-order valence-electron chi connectivity index (χ0n) is 13.7. The van der Waals surface area contributed by atoms with Crippen LogP contribution in [0.15, 0.2) is 0 Å². The molecule has 6 nitrogen and oxygen atoms in total. The maximum Gasteiger partial charge on any atom is 0.241 e. The van der Waals surface area contributed by atoms with Crippen LogP contribution in [0.25, 0.3) is 0 Å². The highest BCUT2D eigenvalue weighted by Crippen LogP contribution is 2.12. The van der Waals surface area contributed by atoms with Gasteiger partial charge in [-0.25, -0.2) is 0 Å². The molecule has 2 N–H and O–H groups in total. The molecule has 0 radical (unpaired) electrons. The van der Waals surface area contributed by atoms with E-state index in [9.17, 15) is 4.79 Å². The van der Waals surface area contributed by atoms with Crippen LogP contribution in [0.2, 0.25) is 0 Å². The lowest BCUT2D eigenvalue weighted by atomic mass is 10.2. The molecule has 0 aliphatic rings. The predicted octanol–water partition coefficient (Wildman–Crippen LogP) is 1.15. The Morgan fingerprint density at radius 1 is 1.33 bits per heavy atom. The van der Waals surface area contributed by atoms with Gasteiger partial charge in [0.05, 0.1) is 5.69 Å². The van der Waals surface area contributed by atoms with Gasteiger partial charge in [-0.3, -0.25) is 9.48 Å². The van der Waals surface area contributed by atoms with E-state index in [-0.39, 0.29) is 12.5 Å². The first-order valence-electron chi connectivity index (χ1n) is 7.59. The summed E-state index contributed by atoms with van der Waals surface area (Å²) in [7, 11) is 1.66. The van der Waals surface area contributed by atoms with Gasteiger partial charge in [0.25, 0.3) is 0 Å². The van der Waals surface area contributed by atoms with Gasteiger partial charge in [-0.2, -0.15) is 5.10 Å². The summed E-state index contributed by atoms with van der Waals surface area (Å²) in [6.07, 6.45) is 1.93. The number of amides is 1. The first-order valence-corrected chi connectivity index (χ1v) is 7.59. The number of aryl methyl sites for hydroxylation is 1.